The number of benzene rings is 1. The number of fused-ring (bicyclic) bond motifs is 1. The lowest BCUT2D eigenvalue weighted by Gasteiger charge is -2.12. The molecule has 0 saturated carbocycles. The molecule has 2 aromatic rings. The minimum Gasteiger partial charge on any atom is -0.493 e. The third kappa shape index (κ3) is 2.82. The largest absolute Gasteiger partial charge is 0.493 e. The lowest BCUT2D eigenvalue weighted by atomic mass is 10.1. The molecule has 1 aliphatic rings. The number of hydrogen-bond donors (Lipinski definition) is 1. The lowest BCUT2D eigenvalue weighted by Crippen LogP contribution is -2.17. The highest BCUT2D eigenvalue weighted by atomic mass is 32.1. The Bertz CT molecular complexity index is 576. The van der Waals surface area contributed by atoms with E-state index >= 15 is 0 Å². The van der Waals surface area contributed by atoms with Crippen molar-refractivity contribution in [1.29, 1.82) is 0 Å². The number of rotatable bonds is 4. The summed E-state index contributed by atoms with van der Waals surface area (Å²) in [4.78, 5) is 2.78. The summed E-state index contributed by atoms with van der Waals surface area (Å²) in [6.45, 7) is 6.12. The van der Waals surface area contributed by atoms with Gasteiger partial charge in [0.1, 0.15) is 5.75 Å². The fourth-order valence-electron chi connectivity index (χ4n) is 2.41. The maximum atomic E-state index is 5.53. The van der Waals surface area contributed by atoms with Crippen LogP contribution >= 0.6 is 11.3 Å². The van der Waals surface area contributed by atoms with Crippen molar-refractivity contribution in [2.75, 3.05) is 6.61 Å². The summed E-state index contributed by atoms with van der Waals surface area (Å²) in [6.07, 6.45) is 1.04. The number of thiophene rings is 1. The normalized spacial score (nSPS) is 15.1. The highest BCUT2D eigenvalue weighted by Gasteiger charge is 2.12. The molecule has 1 aromatic heterocycles. The van der Waals surface area contributed by atoms with Gasteiger partial charge in [0.25, 0.3) is 0 Å². The molecule has 1 aliphatic heterocycles. The molecule has 3 heteroatoms. The Morgan fingerprint density at radius 3 is 3.00 bits per heavy atom. The predicted molar refractivity (Wildman–Crippen MR) is 80.0 cm³/mol. The van der Waals surface area contributed by atoms with Crippen molar-refractivity contribution in [3.8, 4) is 5.75 Å². The van der Waals surface area contributed by atoms with Crippen LogP contribution < -0.4 is 10.1 Å². The van der Waals surface area contributed by atoms with Crippen LogP contribution in [0, 0.1) is 6.92 Å². The molecule has 1 atom stereocenters. The third-order valence-corrected chi connectivity index (χ3v) is 4.74. The Hall–Kier alpha value is -1.32. The van der Waals surface area contributed by atoms with Gasteiger partial charge in [0.15, 0.2) is 0 Å². The van der Waals surface area contributed by atoms with Crippen LogP contribution in [0.2, 0.25) is 0 Å². The zero-order valence-corrected chi connectivity index (χ0v) is 12.2. The van der Waals surface area contributed by atoms with Crippen LogP contribution in [0.3, 0.4) is 0 Å². The molecule has 0 saturated heterocycles. The molecule has 2 heterocycles. The van der Waals surface area contributed by atoms with Crippen molar-refractivity contribution in [2.45, 2.75) is 32.9 Å². The molecule has 2 nitrogen and oxygen atoms in total. The minimum absolute atomic E-state index is 0.406. The van der Waals surface area contributed by atoms with Gasteiger partial charge in [0.2, 0.25) is 0 Å². The fraction of sp³-hybridized carbons (Fsp3) is 0.375. The Morgan fingerprint density at radius 1 is 1.32 bits per heavy atom. The van der Waals surface area contributed by atoms with Crippen molar-refractivity contribution in [3.63, 3.8) is 0 Å². The van der Waals surface area contributed by atoms with E-state index in [4.69, 9.17) is 4.74 Å². The van der Waals surface area contributed by atoms with E-state index in [1.165, 1.54) is 20.9 Å². The van der Waals surface area contributed by atoms with Gasteiger partial charge < -0.3 is 10.1 Å². The highest BCUT2D eigenvalue weighted by molar-refractivity contribution is 7.12. The van der Waals surface area contributed by atoms with Crippen molar-refractivity contribution >= 4 is 11.3 Å². The SMILES string of the molecule is Cc1ccc(C(C)NCc2ccc3c(c2)CCO3)s1. The second kappa shape index (κ2) is 5.35. The van der Waals surface area contributed by atoms with E-state index in [0.717, 1.165) is 25.3 Å². The van der Waals surface area contributed by atoms with Gasteiger partial charge in [0, 0.05) is 28.8 Å². The first-order chi connectivity index (χ1) is 9.22. The van der Waals surface area contributed by atoms with Crippen LogP contribution in [-0.4, -0.2) is 6.61 Å². The molecular formula is C16H19NOS. The van der Waals surface area contributed by atoms with E-state index < -0.39 is 0 Å². The molecular weight excluding hydrogens is 254 g/mol. The predicted octanol–water partition coefficient (Wildman–Crippen LogP) is 3.84. The molecule has 0 spiro atoms. The molecule has 0 amide bonds. The number of aryl methyl sites for hydroxylation is 1. The van der Waals surface area contributed by atoms with E-state index in [2.05, 4.69) is 49.5 Å². The molecule has 100 valence electrons. The second-order valence-electron chi connectivity index (χ2n) is 5.09. The Balaban J connectivity index is 1.63. The smallest absolute Gasteiger partial charge is 0.122 e. The van der Waals surface area contributed by atoms with Gasteiger partial charge >= 0.3 is 0 Å². The average molecular weight is 273 g/mol. The molecule has 3 rings (SSSR count). The van der Waals surface area contributed by atoms with Crippen molar-refractivity contribution in [3.05, 3.63) is 51.2 Å². The van der Waals surface area contributed by atoms with Crippen molar-refractivity contribution in [2.24, 2.45) is 0 Å². The second-order valence-corrected chi connectivity index (χ2v) is 6.41. The van der Waals surface area contributed by atoms with Gasteiger partial charge in [-0.25, -0.2) is 0 Å². The molecule has 0 aliphatic carbocycles. The molecule has 19 heavy (non-hydrogen) atoms. The highest BCUT2D eigenvalue weighted by Crippen LogP contribution is 2.26. The first-order valence-corrected chi connectivity index (χ1v) is 7.58. The summed E-state index contributed by atoms with van der Waals surface area (Å²) in [5.41, 5.74) is 2.68. The van der Waals surface area contributed by atoms with Gasteiger partial charge in [-0.05, 0) is 43.2 Å². The Labute approximate surface area is 118 Å². The summed E-state index contributed by atoms with van der Waals surface area (Å²) in [6, 6.07) is 11.3. The van der Waals surface area contributed by atoms with Crippen LogP contribution in [0.1, 0.15) is 33.8 Å². The summed E-state index contributed by atoms with van der Waals surface area (Å²) in [5, 5.41) is 3.59. The van der Waals surface area contributed by atoms with Crippen molar-refractivity contribution in [1.82, 2.24) is 5.32 Å². The topological polar surface area (TPSA) is 21.3 Å². The van der Waals surface area contributed by atoms with Crippen LogP contribution in [0.5, 0.6) is 5.75 Å². The zero-order valence-electron chi connectivity index (χ0n) is 11.4. The number of hydrogen-bond acceptors (Lipinski definition) is 3. The zero-order chi connectivity index (χ0) is 13.2. The lowest BCUT2D eigenvalue weighted by molar-refractivity contribution is 0.357. The Morgan fingerprint density at radius 2 is 2.21 bits per heavy atom. The fourth-order valence-corrected chi connectivity index (χ4v) is 3.31. The van der Waals surface area contributed by atoms with E-state index in [-0.39, 0.29) is 0 Å². The molecule has 1 unspecified atom stereocenters. The maximum absolute atomic E-state index is 5.53. The Kier molecular flexibility index (Phi) is 3.58. The first-order valence-electron chi connectivity index (χ1n) is 6.77. The summed E-state index contributed by atoms with van der Waals surface area (Å²) < 4.78 is 5.53. The number of ether oxygens (including phenoxy) is 1. The first kappa shape index (κ1) is 12.7. The molecule has 1 N–H and O–H groups in total. The average Bonchev–Trinajstić information content (AvgIpc) is 3.03. The van der Waals surface area contributed by atoms with Crippen LogP contribution in [0.4, 0.5) is 0 Å². The van der Waals surface area contributed by atoms with Crippen molar-refractivity contribution < 1.29 is 4.74 Å². The van der Waals surface area contributed by atoms with E-state index in [1.54, 1.807) is 0 Å². The van der Waals surface area contributed by atoms with E-state index in [1.807, 2.05) is 11.3 Å². The summed E-state index contributed by atoms with van der Waals surface area (Å²) in [7, 11) is 0. The monoisotopic (exact) mass is 273 g/mol. The van der Waals surface area contributed by atoms with Crippen LogP contribution in [0.15, 0.2) is 30.3 Å². The van der Waals surface area contributed by atoms with Gasteiger partial charge in [-0.1, -0.05) is 12.1 Å². The van der Waals surface area contributed by atoms with Crippen LogP contribution in [-0.2, 0) is 13.0 Å². The molecule has 0 radical (unpaired) electrons. The quantitative estimate of drug-likeness (QED) is 0.914. The number of nitrogens with one attached hydrogen (secondary N) is 1. The third-order valence-electron chi connectivity index (χ3n) is 3.55. The van der Waals surface area contributed by atoms with Gasteiger partial charge in [0.05, 0.1) is 6.61 Å². The van der Waals surface area contributed by atoms with Gasteiger partial charge in [-0.15, -0.1) is 11.3 Å². The minimum atomic E-state index is 0.406. The molecule has 0 bridgehead atoms. The maximum Gasteiger partial charge on any atom is 0.122 e. The van der Waals surface area contributed by atoms with E-state index in [0.29, 0.717) is 6.04 Å². The summed E-state index contributed by atoms with van der Waals surface area (Å²) in [5.74, 6) is 1.06. The molecule has 0 fully saturated rings. The van der Waals surface area contributed by atoms with Crippen LogP contribution in [0.25, 0.3) is 0 Å². The molecule has 1 aromatic carbocycles. The van der Waals surface area contributed by atoms with Gasteiger partial charge in [-0.3, -0.25) is 0 Å². The van der Waals surface area contributed by atoms with Gasteiger partial charge in [-0.2, -0.15) is 0 Å². The van der Waals surface area contributed by atoms with E-state index in [9.17, 15) is 0 Å². The standard InChI is InChI=1S/C16H19NOS/c1-11-3-6-16(19-11)12(2)17-10-13-4-5-15-14(9-13)7-8-18-15/h3-6,9,12,17H,7-8,10H2,1-2H3. The summed E-state index contributed by atoms with van der Waals surface area (Å²) >= 11 is 1.87.